The number of imidazole rings is 1. The number of hydrogen-bond donors (Lipinski definition) is 2. The Morgan fingerprint density at radius 3 is 2.68 bits per heavy atom. The zero-order valence-electron chi connectivity index (χ0n) is 15.8. The van der Waals surface area contributed by atoms with Crippen LogP contribution < -0.4 is 10.5 Å². The van der Waals surface area contributed by atoms with Crippen molar-refractivity contribution in [3.05, 3.63) is 51.9 Å². The normalized spacial score (nSPS) is 12.5. The minimum absolute atomic E-state index is 0.0617. The number of hydrogen-bond acceptors (Lipinski definition) is 5. The SMILES string of the molecule is Cc1nc(C(C)c2cc(Cl)c(F)c(C(=O)O)c2OC(C)C)n2ccnc(N)c12. The Hall–Kier alpha value is -2.87. The molecule has 0 aliphatic heterocycles. The number of fused-ring (bicyclic) bond motifs is 1. The van der Waals surface area contributed by atoms with Gasteiger partial charge in [0.2, 0.25) is 0 Å². The largest absolute Gasteiger partial charge is 0.490 e. The molecule has 0 aliphatic carbocycles. The molecule has 3 N–H and O–H groups in total. The molecule has 2 aromatic heterocycles. The monoisotopic (exact) mass is 406 g/mol. The predicted molar refractivity (Wildman–Crippen MR) is 104 cm³/mol. The van der Waals surface area contributed by atoms with E-state index in [9.17, 15) is 14.3 Å². The third kappa shape index (κ3) is 3.24. The van der Waals surface area contributed by atoms with Gasteiger partial charge in [0.1, 0.15) is 28.5 Å². The Bertz CT molecular complexity index is 1080. The summed E-state index contributed by atoms with van der Waals surface area (Å²) >= 11 is 6.00. The first kappa shape index (κ1) is 19.9. The molecule has 0 spiro atoms. The van der Waals surface area contributed by atoms with Gasteiger partial charge in [-0.25, -0.2) is 19.2 Å². The van der Waals surface area contributed by atoms with E-state index in [0.717, 1.165) is 0 Å². The summed E-state index contributed by atoms with van der Waals surface area (Å²) in [6.45, 7) is 7.07. The number of halogens is 2. The summed E-state index contributed by atoms with van der Waals surface area (Å²) in [5.74, 6) is -2.11. The summed E-state index contributed by atoms with van der Waals surface area (Å²) in [5.41, 5.74) is 7.12. The smallest absolute Gasteiger partial charge is 0.342 e. The number of carboxylic acid groups (broad SMARTS) is 1. The maximum Gasteiger partial charge on any atom is 0.342 e. The van der Waals surface area contributed by atoms with Crippen LogP contribution in [0.15, 0.2) is 18.5 Å². The van der Waals surface area contributed by atoms with Crippen LogP contribution in [0.3, 0.4) is 0 Å². The number of aromatic carboxylic acids is 1. The van der Waals surface area contributed by atoms with E-state index in [0.29, 0.717) is 28.4 Å². The lowest BCUT2D eigenvalue weighted by Crippen LogP contribution is -2.16. The van der Waals surface area contributed by atoms with Crippen LogP contribution in [0.4, 0.5) is 10.2 Å². The summed E-state index contributed by atoms with van der Waals surface area (Å²) in [7, 11) is 0. The number of nitrogens with two attached hydrogens (primary N) is 1. The lowest BCUT2D eigenvalue weighted by molar-refractivity contribution is 0.0684. The second-order valence-electron chi connectivity index (χ2n) is 6.75. The minimum atomic E-state index is -1.46. The van der Waals surface area contributed by atoms with E-state index in [1.165, 1.54) is 6.07 Å². The fourth-order valence-corrected chi connectivity index (χ4v) is 3.43. The first-order chi connectivity index (χ1) is 13.1. The van der Waals surface area contributed by atoms with Gasteiger partial charge in [-0.3, -0.25) is 4.40 Å². The highest BCUT2D eigenvalue weighted by Crippen LogP contribution is 2.39. The molecule has 28 heavy (non-hydrogen) atoms. The predicted octanol–water partition coefficient (Wildman–Crippen LogP) is 4.05. The van der Waals surface area contributed by atoms with Gasteiger partial charge in [-0.1, -0.05) is 18.5 Å². The molecule has 0 radical (unpaired) electrons. The second kappa shape index (κ2) is 7.27. The Labute approximate surface area is 165 Å². The summed E-state index contributed by atoms with van der Waals surface area (Å²) in [6, 6.07) is 1.38. The molecule has 0 aliphatic rings. The van der Waals surface area contributed by atoms with Crippen molar-refractivity contribution in [3.63, 3.8) is 0 Å². The van der Waals surface area contributed by atoms with E-state index in [1.54, 1.807) is 37.6 Å². The molecule has 9 heteroatoms. The molecule has 0 amide bonds. The number of anilines is 1. The van der Waals surface area contributed by atoms with E-state index >= 15 is 0 Å². The van der Waals surface area contributed by atoms with Crippen LogP contribution in [-0.2, 0) is 0 Å². The maximum absolute atomic E-state index is 14.5. The second-order valence-corrected chi connectivity index (χ2v) is 7.15. The molecule has 1 aromatic carbocycles. The van der Waals surface area contributed by atoms with E-state index in [-0.39, 0.29) is 16.9 Å². The molecule has 3 aromatic rings. The third-order valence-corrected chi connectivity index (χ3v) is 4.68. The maximum atomic E-state index is 14.5. The molecule has 0 bridgehead atoms. The van der Waals surface area contributed by atoms with Crippen molar-refractivity contribution in [2.24, 2.45) is 0 Å². The Kier molecular flexibility index (Phi) is 5.16. The molecular formula is C19H20ClFN4O3. The first-order valence-corrected chi connectivity index (χ1v) is 9.02. The van der Waals surface area contributed by atoms with E-state index < -0.39 is 23.3 Å². The molecule has 2 heterocycles. The van der Waals surface area contributed by atoms with E-state index in [2.05, 4.69) is 9.97 Å². The molecule has 148 valence electrons. The molecule has 1 unspecified atom stereocenters. The van der Waals surface area contributed by atoms with Crippen LogP contribution in [-0.4, -0.2) is 31.5 Å². The summed E-state index contributed by atoms with van der Waals surface area (Å²) < 4.78 is 22.0. The topological polar surface area (TPSA) is 103 Å². The Morgan fingerprint density at radius 1 is 1.39 bits per heavy atom. The molecule has 3 rings (SSSR count). The van der Waals surface area contributed by atoms with Gasteiger partial charge < -0.3 is 15.6 Å². The lowest BCUT2D eigenvalue weighted by Gasteiger charge is -2.21. The van der Waals surface area contributed by atoms with Crippen LogP contribution >= 0.6 is 11.6 Å². The highest BCUT2D eigenvalue weighted by Gasteiger charge is 2.29. The quantitative estimate of drug-likeness (QED) is 0.662. The van der Waals surface area contributed by atoms with Gasteiger partial charge in [-0.05, 0) is 26.8 Å². The third-order valence-electron chi connectivity index (χ3n) is 4.41. The number of nitrogens with zero attached hydrogens (tertiary/aromatic N) is 3. The van der Waals surface area contributed by atoms with Crippen molar-refractivity contribution in [1.29, 1.82) is 0 Å². The average molecular weight is 407 g/mol. The zero-order valence-corrected chi connectivity index (χ0v) is 16.6. The number of aryl methyl sites for hydroxylation is 1. The zero-order chi connectivity index (χ0) is 20.7. The van der Waals surface area contributed by atoms with Crippen molar-refractivity contribution in [2.75, 3.05) is 5.73 Å². The van der Waals surface area contributed by atoms with Crippen LogP contribution in [0.25, 0.3) is 5.52 Å². The van der Waals surface area contributed by atoms with Crippen molar-refractivity contribution < 1.29 is 19.0 Å². The number of aromatic nitrogens is 3. The molecule has 7 nitrogen and oxygen atoms in total. The van der Waals surface area contributed by atoms with Gasteiger partial charge in [0.25, 0.3) is 0 Å². The molecule has 1 atom stereocenters. The number of carbonyl (C=O) groups is 1. The van der Waals surface area contributed by atoms with E-state index in [4.69, 9.17) is 22.1 Å². The number of rotatable bonds is 5. The highest BCUT2D eigenvalue weighted by molar-refractivity contribution is 6.31. The summed E-state index contributed by atoms with van der Waals surface area (Å²) in [5, 5.41) is 9.25. The van der Waals surface area contributed by atoms with Gasteiger partial charge in [0, 0.05) is 23.9 Å². The van der Waals surface area contributed by atoms with Crippen LogP contribution in [0, 0.1) is 12.7 Å². The number of ether oxygens (including phenoxy) is 1. The van der Waals surface area contributed by atoms with Crippen molar-refractivity contribution >= 4 is 28.9 Å². The Balaban J connectivity index is 2.29. The number of carboxylic acids is 1. The van der Waals surface area contributed by atoms with Crippen LogP contribution in [0.2, 0.25) is 5.02 Å². The van der Waals surface area contributed by atoms with Gasteiger partial charge >= 0.3 is 5.97 Å². The molecule has 0 fully saturated rings. The van der Waals surface area contributed by atoms with Crippen molar-refractivity contribution in [1.82, 2.24) is 14.4 Å². The Morgan fingerprint density at radius 2 is 2.07 bits per heavy atom. The summed E-state index contributed by atoms with van der Waals surface area (Å²) in [6.07, 6.45) is 2.89. The van der Waals surface area contributed by atoms with Crippen LogP contribution in [0.5, 0.6) is 5.75 Å². The van der Waals surface area contributed by atoms with Gasteiger partial charge in [-0.15, -0.1) is 0 Å². The molecule has 0 saturated heterocycles. The van der Waals surface area contributed by atoms with Gasteiger partial charge in [-0.2, -0.15) is 0 Å². The molecule has 0 saturated carbocycles. The molecular weight excluding hydrogens is 387 g/mol. The minimum Gasteiger partial charge on any atom is -0.490 e. The number of nitrogen functional groups attached to an aromatic ring is 1. The van der Waals surface area contributed by atoms with Crippen molar-refractivity contribution in [2.45, 2.75) is 39.7 Å². The highest BCUT2D eigenvalue weighted by atomic mass is 35.5. The average Bonchev–Trinajstić information content (AvgIpc) is 2.95. The summed E-state index contributed by atoms with van der Waals surface area (Å²) in [4.78, 5) is 20.4. The first-order valence-electron chi connectivity index (χ1n) is 8.64. The fourth-order valence-electron chi connectivity index (χ4n) is 3.22. The van der Waals surface area contributed by atoms with Crippen LogP contribution in [0.1, 0.15) is 54.1 Å². The fraction of sp³-hybridized carbons (Fsp3) is 0.316. The number of benzene rings is 1. The van der Waals surface area contributed by atoms with Gasteiger partial charge in [0.05, 0.1) is 16.8 Å². The standard InChI is InChI=1S/C19H20ClFN4O3/c1-8(2)28-16-11(7-12(20)14(21)13(16)19(26)27)9(3)18-24-10(4)15-17(22)23-5-6-25(15)18/h5-9H,1-4H3,(H2,22,23)(H,26,27). The lowest BCUT2D eigenvalue weighted by atomic mass is 9.96. The van der Waals surface area contributed by atoms with E-state index in [1.807, 2.05) is 6.92 Å². The van der Waals surface area contributed by atoms with Crippen molar-refractivity contribution in [3.8, 4) is 5.75 Å². The van der Waals surface area contributed by atoms with Gasteiger partial charge in [0.15, 0.2) is 5.82 Å².